The molecule has 39 heteroatoms. The third-order valence-electron chi connectivity index (χ3n) is 18.7. The number of aliphatic hydroxyl groups is 4. The molecule has 3 aromatic heterocycles. The number of carbonyl (C=O) groups excluding carboxylic acids is 11. The number of nitrogens with zero attached hydrogens (tertiary/aromatic N) is 13. The number of nitrogens with one attached hydrogen (secondary N) is 4. The van der Waals surface area contributed by atoms with Gasteiger partial charge in [0.15, 0.2) is 6.04 Å². The molecule has 8 fully saturated rings. The van der Waals surface area contributed by atoms with Crippen molar-refractivity contribution in [3.8, 4) is 0 Å². The number of aromatic nitrogens is 6. The monoisotopic (exact) mass is 1510 g/mol. The van der Waals surface area contributed by atoms with Crippen LogP contribution < -0.4 is 21.3 Å². The Kier molecular flexibility index (Phi) is 29.2. The first-order chi connectivity index (χ1) is 49.9. The fraction of sp³-hybridized carbons (Fsp3) is 0.647. The van der Waals surface area contributed by atoms with E-state index in [1.807, 2.05) is 13.8 Å². The number of halogens is 3. The summed E-state index contributed by atoms with van der Waals surface area (Å²) in [7, 11) is 0. The number of hydrogen-bond acceptors (Lipinski definition) is 25. The predicted molar refractivity (Wildman–Crippen MR) is 367 cm³/mol. The van der Waals surface area contributed by atoms with Crippen LogP contribution in [-0.4, -0.2) is 304 Å². The van der Waals surface area contributed by atoms with Gasteiger partial charge in [-0.25, -0.2) is 44.3 Å². The highest BCUT2D eigenvalue weighted by Crippen LogP contribution is 2.44. The third kappa shape index (κ3) is 20.1. The molecular formula is C68H98F3N17O19. The number of likely N-dealkylation sites (tertiary alicyclic amines) is 7. The van der Waals surface area contributed by atoms with Crippen molar-refractivity contribution in [2.75, 3.05) is 78.8 Å². The first-order valence-corrected chi connectivity index (χ1v) is 34.5. The molecule has 0 saturated carbocycles. The topological polar surface area (TPSA) is 473 Å². The zero-order chi connectivity index (χ0) is 78.3. The van der Waals surface area contributed by atoms with Crippen LogP contribution >= 0.6 is 0 Å². The van der Waals surface area contributed by atoms with Gasteiger partial charge in [0.05, 0.1) is 65.7 Å². The minimum atomic E-state index is -4.64. The normalized spacial score (nSPS) is 23.0. The van der Waals surface area contributed by atoms with Crippen molar-refractivity contribution in [1.29, 1.82) is 0 Å². The largest absolute Gasteiger partial charge is 0.480 e. The van der Waals surface area contributed by atoms with Crippen molar-refractivity contribution in [1.82, 2.24) is 85.5 Å². The van der Waals surface area contributed by atoms with Crippen LogP contribution in [0, 0.1) is 5.92 Å². The SMILES string of the molecule is C.CC(C)(C)OC(=O)N1CCCC12CN([C@@H](CO)C(=O)NCc1ncccn1)C2=O.CC(C)(C)OC(=O)N1CCCC12CN([C@@H](CO)C(=O)O)C2=O.CC(C)C(=O)N1CCCC12CN([C@@H](CO)C(=O)NCc1ncccn1)C2=O.O=C(NCc1ncccn1)[C@H](CO)N1CC2(CCCN2)C1=O.O=CC(F)(F)F. The van der Waals surface area contributed by atoms with Crippen LogP contribution in [0.2, 0.25) is 0 Å². The average Bonchev–Trinajstić information content (AvgIpc) is 1.68. The number of hydrogen-bond donors (Lipinski definition) is 9. The second kappa shape index (κ2) is 36.2. The van der Waals surface area contributed by atoms with E-state index >= 15 is 0 Å². The molecule has 8 saturated heterocycles. The van der Waals surface area contributed by atoms with Gasteiger partial charge in [-0.3, -0.25) is 53.0 Å². The van der Waals surface area contributed by atoms with Crippen LogP contribution in [0.3, 0.4) is 0 Å². The summed E-state index contributed by atoms with van der Waals surface area (Å²) >= 11 is 0. The summed E-state index contributed by atoms with van der Waals surface area (Å²) in [5.41, 5.74) is -4.68. The van der Waals surface area contributed by atoms with E-state index in [2.05, 4.69) is 51.2 Å². The molecule has 8 atom stereocenters. The zero-order valence-electron chi connectivity index (χ0n) is 60.3. The Bertz CT molecular complexity index is 3630. The van der Waals surface area contributed by atoms with E-state index in [1.165, 1.54) is 24.5 Å². The summed E-state index contributed by atoms with van der Waals surface area (Å²) < 4.78 is 42.0. The van der Waals surface area contributed by atoms with Gasteiger partial charge in [0.1, 0.15) is 69.0 Å². The Morgan fingerprint density at radius 3 is 1.08 bits per heavy atom. The summed E-state index contributed by atoms with van der Waals surface area (Å²) in [4.78, 5) is 179. The molecule has 0 radical (unpaired) electrons. The average molecular weight is 1510 g/mol. The van der Waals surface area contributed by atoms with Crippen molar-refractivity contribution in [2.45, 2.75) is 198 Å². The molecule has 9 N–H and O–H groups in total. The molecule has 8 aliphatic heterocycles. The van der Waals surface area contributed by atoms with Gasteiger partial charge in [-0.05, 0) is 118 Å². The summed E-state index contributed by atoms with van der Waals surface area (Å²) in [5.74, 6) is -2.64. The number of β-lactam (4-membered cyclic amide) rings is 4. The highest BCUT2D eigenvalue weighted by Gasteiger charge is 2.65. The molecule has 0 aromatic carbocycles. The van der Waals surface area contributed by atoms with Crippen molar-refractivity contribution < 1.29 is 106 Å². The minimum Gasteiger partial charge on any atom is -0.480 e. The van der Waals surface area contributed by atoms with Crippen molar-refractivity contribution >= 4 is 71.7 Å². The zero-order valence-corrected chi connectivity index (χ0v) is 60.3. The third-order valence-corrected chi connectivity index (χ3v) is 18.7. The quantitative estimate of drug-likeness (QED) is 0.0525. The minimum absolute atomic E-state index is 0. The lowest BCUT2D eigenvalue weighted by Gasteiger charge is -2.53. The second-order valence-corrected chi connectivity index (χ2v) is 28.6. The predicted octanol–water partition coefficient (Wildman–Crippen LogP) is -0.776. The van der Waals surface area contributed by atoms with Crippen LogP contribution in [0.15, 0.2) is 55.4 Å². The van der Waals surface area contributed by atoms with Gasteiger partial charge in [-0.1, -0.05) is 21.3 Å². The van der Waals surface area contributed by atoms with E-state index in [0.29, 0.717) is 75.8 Å². The first kappa shape index (κ1) is 86.2. The molecular weight excluding hydrogens is 1420 g/mol. The van der Waals surface area contributed by atoms with Crippen molar-refractivity contribution in [2.24, 2.45) is 5.92 Å². The molecule has 107 heavy (non-hydrogen) atoms. The van der Waals surface area contributed by atoms with Crippen molar-refractivity contribution in [3.63, 3.8) is 0 Å². The molecule has 36 nitrogen and oxygen atoms in total. The molecule has 0 bridgehead atoms. The summed E-state index contributed by atoms with van der Waals surface area (Å²) in [6, 6.07) is 0.892. The lowest BCUT2D eigenvalue weighted by Crippen LogP contribution is -2.76. The second-order valence-electron chi connectivity index (χ2n) is 28.6. The number of aliphatic hydroxyl groups excluding tert-OH is 4. The van der Waals surface area contributed by atoms with E-state index < -0.39 is 138 Å². The Labute approximate surface area is 615 Å². The Balaban J connectivity index is 0.000000218. The number of amides is 10. The number of alkyl halides is 3. The highest BCUT2D eigenvalue weighted by atomic mass is 19.4. The fourth-order valence-electron chi connectivity index (χ4n) is 13.5. The molecule has 11 heterocycles. The smallest absolute Gasteiger partial charge is 0.446 e. The summed E-state index contributed by atoms with van der Waals surface area (Å²) in [5, 5.41) is 58.2. The molecule has 4 unspecified atom stereocenters. The summed E-state index contributed by atoms with van der Waals surface area (Å²) in [6.45, 7) is 15.7. The number of aliphatic carboxylic acids is 1. The Morgan fingerprint density at radius 2 is 0.822 bits per heavy atom. The maximum atomic E-state index is 13.0. The molecule has 3 aromatic rings. The Hall–Kier alpha value is -9.73. The molecule has 4 spiro atoms. The van der Waals surface area contributed by atoms with Crippen LogP contribution in [-0.2, 0) is 77.1 Å². The van der Waals surface area contributed by atoms with Gasteiger partial charge < -0.3 is 80.8 Å². The number of carbonyl (C=O) groups is 12. The maximum Gasteiger partial charge on any atom is 0.446 e. The lowest BCUT2D eigenvalue weighted by molar-refractivity contribution is -0.175. The van der Waals surface area contributed by atoms with Gasteiger partial charge >= 0.3 is 24.3 Å². The van der Waals surface area contributed by atoms with Crippen molar-refractivity contribution in [3.05, 3.63) is 72.9 Å². The van der Waals surface area contributed by atoms with E-state index in [-0.39, 0.29) is 76.2 Å². The van der Waals surface area contributed by atoms with E-state index in [0.717, 1.165) is 30.7 Å². The van der Waals surface area contributed by atoms with Gasteiger partial charge in [0.25, 0.3) is 17.7 Å². The summed E-state index contributed by atoms with van der Waals surface area (Å²) in [6.07, 6.45) is 8.10. The van der Waals surface area contributed by atoms with E-state index in [4.69, 9.17) is 24.5 Å². The molecule has 11 rings (SSSR count). The number of aldehydes is 1. The van der Waals surface area contributed by atoms with Crippen LogP contribution in [0.5, 0.6) is 0 Å². The van der Waals surface area contributed by atoms with E-state index in [9.17, 15) is 81.2 Å². The van der Waals surface area contributed by atoms with Gasteiger partial charge in [0.2, 0.25) is 35.8 Å². The van der Waals surface area contributed by atoms with Crippen LogP contribution in [0.25, 0.3) is 0 Å². The lowest BCUT2D eigenvalue weighted by atomic mass is 9.83. The molecule has 8 aliphatic rings. The Morgan fingerprint density at radius 1 is 0.514 bits per heavy atom. The molecule has 590 valence electrons. The standard InChI is InChI=1S/C19H27N5O5.C18H25N5O4.C14H19N5O3.C14H22N2O6.C2HF3O.CH4/c1-18(2,3)29-17(28)24-9-4-6-19(24)12-23(16(19)27)13(11-25)15(26)22-10-14-20-7-5-8-21-14;1-12(2)16(26)23-8-3-5-18(23)11-22(17(18)27)13(10-24)15(25)21-9-14-19-6-4-7-20-14;20-8-10(12(21)17-7-11-15-4-2-5-16-11)19-9-14(13(19)22)3-1-6-18-14;1-13(2,3)22-12(21)16-6-4-5-14(16)8-15(11(14)20)9(7-17)10(18)19;3-2(4,5)1-6;/h5,7-8,13,25H,4,6,9-12H2,1-3H3,(H,22,26);4,6-7,12-13,24H,3,5,8-11H2,1-2H3,(H,21,25);2,4-5,10,18,20H,1,3,6-9H2,(H,17,21);9,17H,4-8H2,1-3H3,(H,18,19);1H;1H4/t13-,19?;13-,18?;10-,14?;9-,14?;;/m0000../s1. The van der Waals surface area contributed by atoms with E-state index in [1.54, 1.807) is 102 Å². The van der Waals surface area contributed by atoms with Crippen LogP contribution in [0.1, 0.15) is 132 Å². The fourth-order valence-corrected chi connectivity index (χ4v) is 13.5. The number of carboxylic acid groups (broad SMARTS) is 1. The van der Waals surface area contributed by atoms with Gasteiger partial charge in [0, 0.05) is 69.3 Å². The molecule has 0 aliphatic carbocycles. The van der Waals surface area contributed by atoms with Gasteiger partial charge in [-0.2, -0.15) is 13.2 Å². The van der Waals surface area contributed by atoms with Crippen LogP contribution in [0.4, 0.5) is 22.8 Å². The first-order valence-electron chi connectivity index (χ1n) is 34.5. The molecule has 10 amide bonds. The highest BCUT2D eigenvalue weighted by molar-refractivity contribution is 6.02. The number of rotatable bonds is 19. The van der Waals surface area contributed by atoms with Gasteiger partial charge in [-0.15, -0.1) is 0 Å². The number of ether oxygens (including phenoxy) is 2. The maximum absolute atomic E-state index is 13.0. The number of carboxylic acids is 1.